The number of carbonyl (C=O) groups is 1. The van der Waals surface area contributed by atoms with E-state index in [-0.39, 0.29) is 24.0 Å². The minimum Gasteiger partial charge on any atom is -0.377 e. The molecule has 1 aliphatic carbocycles. The van der Waals surface area contributed by atoms with Crippen molar-refractivity contribution in [3.63, 3.8) is 0 Å². The van der Waals surface area contributed by atoms with Crippen LogP contribution in [0.25, 0.3) is 0 Å². The molecule has 0 atom stereocenters. The van der Waals surface area contributed by atoms with Crippen LogP contribution in [-0.4, -0.2) is 48.0 Å². The van der Waals surface area contributed by atoms with Crippen molar-refractivity contribution in [3.8, 4) is 0 Å². The second-order valence-electron chi connectivity index (χ2n) is 6.95. The van der Waals surface area contributed by atoms with Gasteiger partial charge in [-0.2, -0.15) is 0 Å². The number of hydrogen-bond donors (Lipinski definition) is 2. The summed E-state index contributed by atoms with van der Waals surface area (Å²) in [5.41, 5.74) is 0.895. The highest BCUT2D eigenvalue weighted by molar-refractivity contribution is 5.95. The summed E-state index contributed by atoms with van der Waals surface area (Å²) in [5.74, 6) is 0.492. The average molecular weight is 383 g/mol. The van der Waals surface area contributed by atoms with E-state index in [1.165, 1.54) is 6.07 Å². The number of nitrogens with zero attached hydrogens (tertiary/aromatic N) is 2. The Morgan fingerprint density at radius 2 is 1.96 bits per heavy atom. The smallest absolute Gasteiger partial charge is 0.293 e. The van der Waals surface area contributed by atoms with Crippen LogP contribution in [0.4, 0.5) is 11.4 Å². The van der Waals surface area contributed by atoms with Crippen molar-refractivity contribution in [1.29, 1.82) is 0 Å². The summed E-state index contributed by atoms with van der Waals surface area (Å²) < 4.78 is 0. The Labute approximate surface area is 160 Å². The van der Waals surface area contributed by atoms with Crippen molar-refractivity contribution in [2.75, 3.05) is 31.5 Å². The van der Waals surface area contributed by atoms with Gasteiger partial charge in [0.25, 0.3) is 11.6 Å². The molecule has 7 nitrogen and oxygen atoms in total. The van der Waals surface area contributed by atoms with E-state index < -0.39 is 4.92 Å². The normalized spacial score (nSPS) is 17.5. The van der Waals surface area contributed by atoms with Crippen LogP contribution in [0, 0.1) is 16.0 Å². The molecule has 0 radical (unpaired) electrons. The predicted octanol–water partition coefficient (Wildman–Crippen LogP) is 3.05. The maximum absolute atomic E-state index is 12.7. The van der Waals surface area contributed by atoms with Gasteiger partial charge in [0, 0.05) is 30.8 Å². The van der Waals surface area contributed by atoms with Gasteiger partial charge in [0.15, 0.2) is 0 Å². The van der Waals surface area contributed by atoms with Crippen LogP contribution in [0.5, 0.6) is 0 Å². The van der Waals surface area contributed by atoms with Gasteiger partial charge in [-0.1, -0.05) is 6.92 Å². The van der Waals surface area contributed by atoms with E-state index >= 15 is 0 Å². The van der Waals surface area contributed by atoms with Crippen molar-refractivity contribution in [3.05, 3.63) is 33.9 Å². The molecule has 2 aliphatic rings. The lowest BCUT2D eigenvalue weighted by Crippen LogP contribution is -2.40. The monoisotopic (exact) mass is 382 g/mol. The number of rotatable bonds is 7. The quantitative estimate of drug-likeness (QED) is 0.559. The van der Waals surface area contributed by atoms with Gasteiger partial charge < -0.3 is 15.5 Å². The molecular formula is C18H27ClN4O3. The highest BCUT2D eigenvalue weighted by Crippen LogP contribution is 2.32. The number of carbonyl (C=O) groups excluding carboxylic acids is 1. The van der Waals surface area contributed by atoms with E-state index in [0.717, 1.165) is 38.8 Å². The summed E-state index contributed by atoms with van der Waals surface area (Å²) in [6.07, 6.45) is 4.03. The Bertz CT molecular complexity index is 643. The number of anilines is 1. The fraction of sp³-hybridized carbons (Fsp3) is 0.611. The molecular weight excluding hydrogens is 356 g/mol. The van der Waals surface area contributed by atoms with E-state index in [2.05, 4.69) is 17.6 Å². The number of nitrogens with one attached hydrogen (secondary N) is 2. The topological polar surface area (TPSA) is 87.5 Å². The summed E-state index contributed by atoms with van der Waals surface area (Å²) in [7, 11) is 0. The minimum absolute atomic E-state index is 0. The largest absolute Gasteiger partial charge is 0.377 e. The van der Waals surface area contributed by atoms with Crippen molar-refractivity contribution in [1.82, 2.24) is 10.2 Å². The second-order valence-corrected chi connectivity index (χ2v) is 6.95. The fourth-order valence-corrected chi connectivity index (χ4v) is 3.26. The molecule has 0 spiro atoms. The molecule has 2 fully saturated rings. The number of likely N-dealkylation sites (tertiary alicyclic amines) is 1. The highest BCUT2D eigenvalue weighted by atomic mass is 35.5. The van der Waals surface area contributed by atoms with Crippen LogP contribution >= 0.6 is 12.4 Å². The van der Waals surface area contributed by atoms with Crippen molar-refractivity contribution in [2.45, 2.75) is 38.6 Å². The summed E-state index contributed by atoms with van der Waals surface area (Å²) in [6.45, 7) is 5.47. The zero-order valence-corrected chi connectivity index (χ0v) is 15.9. The molecule has 8 heteroatoms. The van der Waals surface area contributed by atoms with Gasteiger partial charge in [-0.3, -0.25) is 14.9 Å². The van der Waals surface area contributed by atoms with Crippen LogP contribution in [0.1, 0.15) is 43.0 Å². The van der Waals surface area contributed by atoms with Gasteiger partial charge in [0.2, 0.25) is 0 Å². The number of amides is 1. The molecule has 2 N–H and O–H groups in total. The Morgan fingerprint density at radius 3 is 2.54 bits per heavy atom. The number of piperidine rings is 1. The van der Waals surface area contributed by atoms with Gasteiger partial charge in [0.1, 0.15) is 5.69 Å². The molecule has 1 aromatic carbocycles. The highest BCUT2D eigenvalue weighted by Gasteiger charge is 2.28. The van der Waals surface area contributed by atoms with Gasteiger partial charge in [0.05, 0.1) is 4.92 Å². The SMILES string of the molecule is CCNCC1CCN(C(=O)c2ccc(NC3CC3)c([N+](=O)[O-])c2)CC1.Cl. The van der Waals surface area contributed by atoms with Crippen molar-refractivity contribution in [2.24, 2.45) is 5.92 Å². The molecule has 3 rings (SSSR count). The van der Waals surface area contributed by atoms with Gasteiger partial charge in [-0.15, -0.1) is 12.4 Å². The maximum atomic E-state index is 12.7. The predicted molar refractivity (Wildman–Crippen MR) is 104 cm³/mol. The number of nitro benzene ring substituents is 1. The zero-order chi connectivity index (χ0) is 17.8. The molecule has 0 unspecified atom stereocenters. The van der Waals surface area contributed by atoms with Gasteiger partial charge in [-0.05, 0) is 56.8 Å². The van der Waals surface area contributed by atoms with E-state index in [4.69, 9.17) is 0 Å². The van der Waals surface area contributed by atoms with E-state index in [1.54, 1.807) is 12.1 Å². The fourth-order valence-electron chi connectivity index (χ4n) is 3.26. The van der Waals surface area contributed by atoms with Crippen molar-refractivity contribution >= 4 is 29.7 Å². The van der Waals surface area contributed by atoms with Crippen LogP contribution in [0.15, 0.2) is 18.2 Å². The molecule has 1 saturated heterocycles. The molecule has 0 bridgehead atoms. The van der Waals surface area contributed by atoms with Crippen molar-refractivity contribution < 1.29 is 9.72 Å². The number of nitro groups is 1. The first-order valence-corrected chi connectivity index (χ1v) is 9.13. The molecule has 26 heavy (non-hydrogen) atoms. The molecule has 1 aliphatic heterocycles. The Hall–Kier alpha value is -1.86. The Balaban J connectivity index is 0.00000243. The molecule has 144 valence electrons. The lowest BCUT2D eigenvalue weighted by atomic mass is 9.96. The maximum Gasteiger partial charge on any atom is 0.293 e. The van der Waals surface area contributed by atoms with E-state index in [1.807, 2.05) is 4.90 Å². The zero-order valence-electron chi connectivity index (χ0n) is 15.1. The Morgan fingerprint density at radius 1 is 1.27 bits per heavy atom. The first-order chi connectivity index (χ1) is 12.1. The van der Waals surface area contributed by atoms with Crippen LogP contribution < -0.4 is 10.6 Å². The minimum atomic E-state index is -0.413. The molecule has 1 aromatic rings. The first-order valence-electron chi connectivity index (χ1n) is 9.13. The average Bonchev–Trinajstić information content (AvgIpc) is 3.44. The van der Waals surface area contributed by atoms with Gasteiger partial charge >= 0.3 is 0 Å². The summed E-state index contributed by atoms with van der Waals surface area (Å²) >= 11 is 0. The number of halogens is 1. The second kappa shape index (κ2) is 9.19. The van der Waals surface area contributed by atoms with Crippen LogP contribution in [0.3, 0.4) is 0 Å². The van der Waals surface area contributed by atoms with Gasteiger partial charge in [-0.25, -0.2) is 0 Å². The molecule has 1 amide bonds. The molecule has 1 heterocycles. The summed E-state index contributed by atoms with van der Waals surface area (Å²) in [5, 5.41) is 17.9. The van der Waals surface area contributed by atoms with E-state index in [9.17, 15) is 14.9 Å². The standard InChI is InChI=1S/C18H26N4O3.ClH/c1-2-19-12-13-7-9-21(10-8-13)18(23)14-3-6-16(20-15-4-5-15)17(11-14)22(24)25;/h3,6,11,13,15,19-20H,2,4-5,7-10,12H2,1H3;1H. The summed E-state index contributed by atoms with van der Waals surface area (Å²) in [4.78, 5) is 25.5. The van der Waals surface area contributed by atoms with Crippen LogP contribution in [0.2, 0.25) is 0 Å². The Kier molecular flexibility index (Phi) is 7.23. The number of hydrogen-bond acceptors (Lipinski definition) is 5. The first kappa shape index (κ1) is 20.5. The third kappa shape index (κ3) is 5.08. The lowest BCUT2D eigenvalue weighted by molar-refractivity contribution is -0.384. The number of benzene rings is 1. The third-order valence-electron chi connectivity index (χ3n) is 4.96. The lowest BCUT2D eigenvalue weighted by Gasteiger charge is -2.32. The molecule has 0 aromatic heterocycles. The third-order valence-corrected chi connectivity index (χ3v) is 4.96. The van der Waals surface area contributed by atoms with E-state index in [0.29, 0.717) is 36.3 Å². The molecule has 1 saturated carbocycles. The summed E-state index contributed by atoms with van der Waals surface area (Å²) in [6, 6.07) is 5.11. The van der Waals surface area contributed by atoms with Crippen LogP contribution in [-0.2, 0) is 0 Å².